The van der Waals surface area contributed by atoms with E-state index in [1.807, 2.05) is 6.92 Å². The van der Waals surface area contributed by atoms with Crippen LogP contribution in [0.15, 0.2) is 21.3 Å². The molecule has 1 heterocycles. The van der Waals surface area contributed by atoms with Crippen molar-refractivity contribution in [1.29, 1.82) is 0 Å². The van der Waals surface area contributed by atoms with E-state index in [4.69, 9.17) is 9.15 Å². The summed E-state index contributed by atoms with van der Waals surface area (Å²) in [5, 5.41) is 10.6. The summed E-state index contributed by atoms with van der Waals surface area (Å²) in [4.78, 5) is 23.7. The highest BCUT2D eigenvalue weighted by Crippen LogP contribution is 2.28. The minimum atomic E-state index is -0.461. The molecule has 0 bridgehead atoms. The molecule has 0 spiro atoms. The van der Waals surface area contributed by atoms with E-state index in [1.165, 1.54) is 6.07 Å². The normalized spacial score (nSPS) is 10.9. The number of hydrogen-bond acceptors (Lipinski definition) is 5. The molecule has 1 N–H and O–H groups in total. The molecule has 0 radical (unpaired) electrons. The summed E-state index contributed by atoms with van der Waals surface area (Å²) in [5.74, 6) is -0.233. The van der Waals surface area contributed by atoms with E-state index in [0.29, 0.717) is 36.2 Å². The van der Waals surface area contributed by atoms with Crippen molar-refractivity contribution in [2.75, 3.05) is 6.61 Å². The van der Waals surface area contributed by atoms with Crippen LogP contribution in [0.5, 0.6) is 5.75 Å². The minimum Gasteiger partial charge on any atom is -0.508 e. The van der Waals surface area contributed by atoms with Crippen LogP contribution in [0.1, 0.15) is 37.0 Å². The summed E-state index contributed by atoms with van der Waals surface area (Å²) >= 11 is 0. The fraction of sp³-hybridized carbons (Fsp3) is 0.412. The summed E-state index contributed by atoms with van der Waals surface area (Å²) < 4.78 is 10.2. The number of rotatable bonds is 5. The van der Waals surface area contributed by atoms with Gasteiger partial charge in [0, 0.05) is 23.4 Å². The lowest BCUT2D eigenvalue weighted by Gasteiger charge is -2.11. The molecule has 0 amide bonds. The topological polar surface area (TPSA) is 76.7 Å². The summed E-state index contributed by atoms with van der Waals surface area (Å²) in [6.07, 6.45) is 1.08. The van der Waals surface area contributed by atoms with Gasteiger partial charge < -0.3 is 14.3 Å². The molecule has 0 fully saturated rings. The fourth-order valence-electron chi connectivity index (χ4n) is 2.56. The SMILES string of the molecule is CCOC(=O)CCc1c(CC)c2cc(C)c(O)cc2oc1=O. The van der Waals surface area contributed by atoms with Crippen molar-refractivity contribution < 1.29 is 19.1 Å². The summed E-state index contributed by atoms with van der Waals surface area (Å²) in [7, 11) is 0. The van der Waals surface area contributed by atoms with Crippen LogP contribution in [0.25, 0.3) is 11.0 Å². The monoisotopic (exact) mass is 304 g/mol. The zero-order valence-corrected chi connectivity index (χ0v) is 13.1. The first-order valence-corrected chi connectivity index (χ1v) is 7.41. The Balaban J connectivity index is 2.50. The molecule has 0 saturated carbocycles. The van der Waals surface area contributed by atoms with Crippen molar-refractivity contribution in [3.63, 3.8) is 0 Å². The molecule has 22 heavy (non-hydrogen) atoms. The van der Waals surface area contributed by atoms with Gasteiger partial charge in [0.05, 0.1) is 6.61 Å². The molecule has 1 aromatic heterocycles. The van der Waals surface area contributed by atoms with Gasteiger partial charge in [-0.1, -0.05) is 6.92 Å². The van der Waals surface area contributed by atoms with Gasteiger partial charge in [-0.25, -0.2) is 4.79 Å². The molecule has 0 aliphatic heterocycles. The highest BCUT2D eigenvalue weighted by molar-refractivity contribution is 5.84. The lowest BCUT2D eigenvalue weighted by molar-refractivity contribution is -0.143. The van der Waals surface area contributed by atoms with E-state index >= 15 is 0 Å². The number of phenols is 1. The van der Waals surface area contributed by atoms with Gasteiger partial charge in [-0.2, -0.15) is 0 Å². The number of carbonyl (C=O) groups excluding carboxylic acids is 1. The second-order valence-corrected chi connectivity index (χ2v) is 5.14. The van der Waals surface area contributed by atoms with Crippen LogP contribution in [0.2, 0.25) is 0 Å². The fourth-order valence-corrected chi connectivity index (χ4v) is 2.56. The van der Waals surface area contributed by atoms with Crippen molar-refractivity contribution in [2.45, 2.75) is 40.0 Å². The third-order valence-corrected chi connectivity index (χ3v) is 3.67. The first-order chi connectivity index (χ1) is 10.5. The Labute approximate surface area is 128 Å². The Morgan fingerprint density at radius 3 is 2.64 bits per heavy atom. The molecule has 2 rings (SSSR count). The van der Waals surface area contributed by atoms with Gasteiger partial charge in [0.2, 0.25) is 0 Å². The molecule has 0 aliphatic carbocycles. The van der Waals surface area contributed by atoms with Crippen molar-refractivity contribution in [2.24, 2.45) is 0 Å². The molecule has 2 aromatic rings. The van der Waals surface area contributed by atoms with Gasteiger partial charge >= 0.3 is 11.6 Å². The highest BCUT2D eigenvalue weighted by atomic mass is 16.5. The maximum atomic E-state index is 12.2. The lowest BCUT2D eigenvalue weighted by Crippen LogP contribution is -2.15. The number of carbonyl (C=O) groups is 1. The Morgan fingerprint density at radius 2 is 2.00 bits per heavy atom. The maximum absolute atomic E-state index is 12.2. The van der Waals surface area contributed by atoms with Crippen molar-refractivity contribution in [3.8, 4) is 5.75 Å². The molecular weight excluding hydrogens is 284 g/mol. The number of hydrogen-bond donors (Lipinski definition) is 1. The first-order valence-electron chi connectivity index (χ1n) is 7.41. The lowest BCUT2D eigenvalue weighted by atomic mass is 9.97. The van der Waals surface area contributed by atoms with E-state index in [-0.39, 0.29) is 18.1 Å². The quantitative estimate of drug-likeness (QED) is 0.679. The van der Waals surface area contributed by atoms with Crippen molar-refractivity contribution in [3.05, 3.63) is 39.2 Å². The minimum absolute atomic E-state index is 0.0944. The molecule has 0 atom stereocenters. The van der Waals surface area contributed by atoms with Crippen LogP contribution in [-0.4, -0.2) is 17.7 Å². The molecule has 118 valence electrons. The maximum Gasteiger partial charge on any atom is 0.339 e. The van der Waals surface area contributed by atoms with Crippen LogP contribution in [0.4, 0.5) is 0 Å². The molecule has 0 saturated heterocycles. The third kappa shape index (κ3) is 3.13. The van der Waals surface area contributed by atoms with Crippen LogP contribution >= 0.6 is 0 Å². The van der Waals surface area contributed by atoms with Gasteiger partial charge in [-0.3, -0.25) is 4.79 Å². The number of fused-ring (bicyclic) bond motifs is 1. The summed E-state index contributed by atoms with van der Waals surface area (Å²) in [6, 6.07) is 3.26. The van der Waals surface area contributed by atoms with Gasteiger partial charge in [-0.15, -0.1) is 0 Å². The average Bonchev–Trinajstić information content (AvgIpc) is 2.47. The molecule has 1 aromatic carbocycles. The average molecular weight is 304 g/mol. The van der Waals surface area contributed by atoms with Crippen molar-refractivity contribution in [1.82, 2.24) is 0 Å². The van der Waals surface area contributed by atoms with Crippen LogP contribution in [0, 0.1) is 6.92 Å². The van der Waals surface area contributed by atoms with Gasteiger partial charge in [0.25, 0.3) is 0 Å². The molecule has 5 nitrogen and oxygen atoms in total. The van der Waals surface area contributed by atoms with Gasteiger partial charge in [0.1, 0.15) is 11.3 Å². The Hall–Kier alpha value is -2.30. The first kappa shape index (κ1) is 16.1. The van der Waals surface area contributed by atoms with E-state index in [2.05, 4.69) is 0 Å². The number of benzene rings is 1. The standard InChI is InChI=1S/C17H20O5/c1-4-11-12(6-7-16(19)21-5-2)17(20)22-15-9-14(18)10(3)8-13(11)15/h8-9,18H,4-7H2,1-3H3. The predicted molar refractivity (Wildman–Crippen MR) is 83.2 cm³/mol. The zero-order chi connectivity index (χ0) is 16.3. The second kappa shape index (κ2) is 6.64. The van der Waals surface area contributed by atoms with Gasteiger partial charge in [0.15, 0.2) is 0 Å². The molecule has 5 heteroatoms. The Bertz CT molecular complexity index is 758. The highest BCUT2D eigenvalue weighted by Gasteiger charge is 2.16. The van der Waals surface area contributed by atoms with Crippen molar-refractivity contribution >= 4 is 16.9 Å². The summed E-state index contributed by atoms with van der Waals surface area (Å²) in [5.41, 5.74) is 1.99. The van der Waals surface area contributed by atoms with Crippen LogP contribution in [-0.2, 0) is 22.4 Å². The molecular formula is C17H20O5. The number of aryl methyl sites for hydroxylation is 2. The Morgan fingerprint density at radius 1 is 1.27 bits per heavy atom. The summed E-state index contributed by atoms with van der Waals surface area (Å²) in [6.45, 7) is 5.81. The number of aromatic hydroxyl groups is 1. The number of ether oxygens (including phenoxy) is 1. The van der Waals surface area contributed by atoms with Crippen LogP contribution in [0.3, 0.4) is 0 Å². The predicted octanol–water partition coefficient (Wildman–Crippen LogP) is 2.87. The van der Waals surface area contributed by atoms with E-state index in [0.717, 1.165) is 10.9 Å². The van der Waals surface area contributed by atoms with Crippen LogP contribution < -0.4 is 5.63 Å². The number of phenolic OH excluding ortho intramolecular Hbond substituents is 1. The smallest absolute Gasteiger partial charge is 0.339 e. The number of esters is 1. The molecule has 0 unspecified atom stereocenters. The van der Waals surface area contributed by atoms with E-state index < -0.39 is 5.63 Å². The van der Waals surface area contributed by atoms with E-state index in [1.54, 1.807) is 19.9 Å². The third-order valence-electron chi connectivity index (χ3n) is 3.67. The largest absolute Gasteiger partial charge is 0.508 e. The second-order valence-electron chi connectivity index (χ2n) is 5.14. The van der Waals surface area contributed by atoms with E-state index in [9.17, 15) is 14.7 Å². The zero-order valence-electron chi connectivity index (χ0n) is 13.1. The molecule has 0 aliphatic rings. The van der Waals surface area contributed by atoms with Gasteiger partial charge in [-0.05, 0) is 43.9 Å². The Kier molecular flexibility index (Phi) is 4.85.